The minimum atomic E-state index is -0.359. The fourth-order valence-corrected chi connectivity index (χ4v) is 2.35. The Morgan fingerprint density at radius 2 is 1.89 bits per heavy atom. The molecule has 0 N–H and O–H groups in total. The summed E-state index contributed by atoms with van der Waals surface area (Å²) in [5, 5.41) is 0. The van der Waals surface area contributed by atoms with Crippen molar-refractivity contribution in [1.82, 2.24) is 4.57 Å². The van der Waals surface area contributed by atoms with Crippen LogP contribution in [-0.2, 0) is 17.9 Å². The Morgan fingerprint density at radius 1 is 1.11 bits per heavy atom. The number of hydrogen-bond acceptors (Lipinski definition) is 1. The Morgan fingerprint density at radius 3 is 2.67 bits per heavy atom. The van der Waals surface area contributed by atoms with E-state index >= 15 is 0 Å². The maximum atomic E-state index is 13.7. The van der Waals surface area contributed by atoms with Gasteiger partial charge in [0.15, 0.2) is 0 Å². The molecule has 1 aromatic carbocycles. The van der Waals surface area contributed by atoms with E-state index < -0.39 is 0 Å². The largest absolute Gasteiger partial charge is 0.338 e. The summed E-state index contributed by atoms with van der Waals surface area (Å²) in [7, 11) is 0. The lowest BCUT2D eigenvalue weighted by molar-refractivity contribution is -0.120. The van der Waals surface area contributed by atoms with Crippen LogP contribution in [0.25, 0.3) is 0 Å². The van der Waals surface area contributed by atoms with Gasteiger partial charge in [0.2, 0.25) is 5.91 Å². The lowest BCUT2D eigenvalue weighted by Gasteiger charge is -2.29. The summed E-state index contributed by atoms with van der Waals surface area (Å²) in [5.41, 5.74) is 2.45. The van der Waals surface area contributed by atoms with E-state index in [4.69, 9.17) is 0 Å². The second kappa shape index (κ2) is 3.98. The first-order valence-electron chi connectivity index (χ1n) is 5.87. The molecule has 1 amide bonds. The normalized spacial score (nSPS) is 14.8. The Balaban J connectivity index is 2.01. The highest BCUT2D eigenvalue weighted by molar-refractivity contribution is 5.94. The number of benzene rings is 1. The summed E-state index contributed by atoms with van der Waals surface area (Å²) in [6.07, 6.45) is 0. The molecular weight excluding hydrogens is 231 g/mol. The van der Waals surface area contributed by atoms with Gasteiger partial charge in [-0.1, -0.05) is 12.1 Å². The number of halogens is 1. The molecule has 0 fully saturated rings. The summed E-state index contributed by atoms with van der Waals surface area (Å²) >= 11 is 0. The zero-order valence-corrected chi connectivity index (χ0v) is 10.1. The SMILES string of the molecule is Cc1ccc2n1CC(=O)N(c1ccccc1F)C2. The van der Waals surface area contributed by atoms with E-state index in [1.807, 2.05) is 23.6 Å². The monoisotopic (exact) mass is 244 g/mol. The van der Waals surface area contributed by atoms with Crippen molar-refractivity contribution in [3.05, 3.63) is 53.6 Å². The van der Waals surface area contributed by atoms with E-state index in [2.05, 4.69) is 0 Å². The van der Waals surface area contributed by atoms with Crippen molar-refractivity contribution in [3.8, 4) is 0 Å². The lowest BCUT2D eigenvalue weighted by Crippen LogP contribution is -2.39. The second-order valence-electron chi connectivity index (χ2n) is 4.48. The van der Waals surface area contributed by atoms with E-state index in [1.165, 1.54) is 11.0 Å². The molecule has 0 radical (unpaired) electrons. The summed E-state index contributed by atoms with van der Waals surface area (Å²) in [6, 6.07) is 10.3. The number of amides is 1. The molecule has 0 spiro atoms. The quantitative estimate of drug-likeness (QED) is 0.756. The molecule has 4 heteroatoms. The fourth-order valence-electron chi connectivity index (χ4n) is 2.35. The lowest BCUT2D eigenvalue weighted by atomic mass is 10.2. The smallest absolute Gasteiger partial charge is 0.247 e. The Labute approximate surface area is 104 Å². The predicted octanol–water partition coefficient (Wildman–Crippen LogP) is 2.48. The molecule has 0 unspecified atom stereocenters. The number of nitrogens with zero attached hydrogens (tertiary/aromatic N) is 2. The number of carbonyl (C=O) groups is 1. The van der Waals surface area contributed by atoms with E-state index in [-0.39, 0.29) is 18.3 Å². The summed E-state index contributed by atoms with van der Waals surface area (Å²) in [4.78, 5) is 13.6. The third kappa shape index (κ3) is 1.61. The maximum absolute atomic E-state index is 13.7. The van der Waals surface area contributed by atoms with Gasteiger partial charge in [0.1, 0.15) is 12.4 Å². The number of aromatic nitrogens is 1. The number of carbonyl (C=O) groups excluding carboxylic acids is 1. The van der Waals surface area contributed by atoms with Gasteiger partial charge in [-0.15, -0.1) is 0 Å². The number of fused-ring (bicyclic) bond motifs is 1. The van der Waals surface area contributed by atoms with Crippen molar-refractivity contribution in [3.63, 3.8) is 0 Å². The Hall–Kier alpha value is -2.10. The fraction of sp³-hybridized carbons (Fsp3) is 0.214. The van der Waals surface area contributed by atoms with E-state index in [0.717, 1.165) is 11.4 Å². The molecule has 18 heavy (non-hydrogen) atoms. The van der Waals surface area contributed by atoms with Crippen molar-refractivity contribution < 1.29 is 9.18 Å². The molecule has 1 aromatic heterocycles. The minimum absolute atomic E-state index is 0.0769. The van der Waals surface area contributed by atoms with Crippen LogP contribution in [0.3, 0.4) is 0 Å². The molecule has 0 saturated heterocycles. The first-order chi connectivity index (χ1) is 8.66. The van der Waals surface area contributed by atoms with E-state index in [9.17, 15) is 9.18 Å². The van der Waals surface area contributed by atoms with Gasteiger partial charge >= 0.3 is 0 Å². The van der Waals surface area contributed by atoms with Gasteiger partial charge in [-0.25, -0.2) is 4.39 Å². The third-order valence-electron chi connectivity index (χ3n) is 3.35. The van der Waals surface area contributed by atoms with E-state index in [1.54, 1.807) is 18.2 Å². The number of anilines is 1. The van der Waals surface area contributed by atoms with Gasteiger partial charge in [-0.3, -0.25) is 4.79 Å². The van der Waals surface area contributed by atoms with Crippen LogP contribution in [0, 0.1) is 12.7 Å². The van der Waals surface area contributed by atoms with Crippen LogP contribution in [0.5, 0.6) is 0 Å². The van der Waals surface area contributed by atoms with E-state index in [0.29, 0.717) is 12.2 Å². The average molecular weight is 244 g/mol. The van der Waals surface area contributed by atoms with Crippen LogP contribution in [0.15, 0.2) is 36.4 Å². The molecule has 2 aromatic rings. The van der Waals surface area contributed by atoms with Gasteiger partial charge in [-0.05, 0) is 31.2 Å². The molecule has 3 nitrogen and oxygen atoms in total. The molecule has 2 heterocycles. The van der Waals surface area contributed by atoms with Crippen LogP contribution in [-0.4, -0.2) is 10.5 Å². The van der Waals surface area contributed by atoms with Gasteiger partial charge in [0.05, 0.1) is 12.2 Å². The van der Waals surface area contributed by atoms with Crippen molar-refractivity contribution in [2.24, 2.45) is 0 Å². The van der Waals surface area contributed by atoms with Crippen LogP contribution in [0.1, 0.15) is 11.4 Å². The average Bonchev–Trinajstić information content (AvgIpc) is 2.71. The topological polar surface area (TPSA) is 25.2 Å². The zero-order valence-electron chi connectivity index (χ0n) is 10.1. The second-order valence-corrected chi connectivity index (χ2v) is 4.48. The van der Waals surface area contributed by atoms with Crippen molar-refractivity contribution in [2.75, 3.05) is 4.90 Å². The standard InChI is InChI=1S/C14H13FN2O/c1-10-6-7-11-8-17(14(18)9-16(10)11)13-5-3-2-4-12(13)15/h2-7H,8-9H2,1H3. The minimum Gasteiger partial charge on any atom is -0.338 e. The van der Waals surface area contributed by atoms with Crippen LogP contribution in [0.2, 0.25) is 0 Å². The highest BCUT2D eigenvalue weighted by atomic mass is 19.1. The van der Waals surface area contributed by atoms with Gasteiger partial charge in [0.25, 0.3) is 0 Å². The molecule has 0 aliphatic carbocycles. The number of para-hydroxylation sites is 1. The summed E-state index contributed by atoms with van der Waals surface area (Å²) in [6.45, 7) is 2.67. The summed E-state index contributed by atoms with van der Waals surface area (Å²) in [5.74, 6) is -0.436. The van der Waals surface area contributed by atoms with Crippen molar-refractivity contribution >= 4 is 11.6 Å². The van der Waals surface area contributed by atoms with Gasteiger partial charge in [-0.2, -0.15) is 0 Å². The van der Waals surface area contributed by atoms with Crippen molar-refractivity contribution in [2.45, 2.75) is 20.0 Å². The third-order valence-corrected chi connectivity index (χ3v) is 3.35. The Kier molecular flexibility index (Phi) is 2.44. The molecule has 1 aliphatic rings. The van der Waals surface area contributed by atoms with Crippen LogP contribution in [0.4, 0.5) is 10.1 Å². The molecule has 0 saturated carbocycles. The first kappa shape index (κ1) is 11.0. The van der Waals surface area contributed by atoms with Gasteiger partial charge in [0, 0.05) is 11.4 Å². The Bertz CT molecular complexity index is 618. The van der Waals surface area contributed by atoms with Crippen molar-refractivity contribution in [1.29, 1.82) is 0 Å². The zero-order chi connectivity index (χ0) is 12.7. The molecule has 92 valence electrons. The van der Waals surface area contributed by atoms with Crippen LogP contribution < -0.4 is 4.90 Å². The number of aryl methyl sites for hydroxylation is 1. The number of hydrogen-bond donors (Lipinski definition) is 0. The van der Waals surface area contributed by atoms with Gasteiger partial charge < -0.3 is 9.47 Å². The highest BCUT2D eigenvalue weighted by Crippen LogP contribution is 2.25. The number of rotatable bonds is 1. The molecule has 0 atom stereocenters. The maximum Gasteiger partial charge on any atom is 0.247 e. The molecule has 1 aliphatic heterocycles. The summed E-state index contributed by atoms with van der Waals surface area (Å²) < 4.78 is 15.7. The first-order valence-corrected chi connectivity index (χ1v) is 5.87. The predicted molar refractivity (Wildman–Crippen MR) is 66.8 cm³/mol. The highest BCUT2D eigenvalue weighted by Gasteiger charge is 2.26. The molecule has 3 rings (SSSR count). The molecule has 0 bridgehead atoms. The molecular formula is C14H13FN2O. The van der Waals surface area contributed by atoms with Crippen LogP contribution >= 0.6 is 0 Å².